The molecule has 0 saturated heterocycles. The number of aliphatic carboxylic acids is 2. The lowest BCUT2D eigenvalue weighted by Gasteiger charge is -2.39. The lowest BCUT2D eigenvalue weighted by atomic mass is 9.63. The molecule has 6 heteroatoms. The van der Waals surface area contributed by atoms with E-state index in [1.165, 1.54) is 24.3 Å². The number of rotatable bonds is 4. The van der Waals surface area contributed by atoms with Gasteiger partial charge in [-0.25, -0.2) is 9.18 Å². The molecule has 2 rings (SSSR count). The van der Waals surface area contributed by atoms with Gasteiger partial charge in [0, 0.05) is 10.4 Å². The summed E-state index contributed by atoms with van der Waals surface area (Å²) in [7, 11) is 0. The van der Waals surface area contributed by atoms with Gasteiger partial charge in [-0.05, 0) is 52.5 Å². The predicted molar refractivity (Wildman–Crippen MR) is 86.8 cm³/mol. The highest BCUT2D eigenvalue weighted by molar-refractivity contribution is 9.12. The van der Waals surface area contributed by atoms with Gasteiger partial charge in [0.1, 0.15) is 5.82 Å². The Hall–Kier alpha value is -1.95. The molecule has 0 amide bonds. The highest BCUT2D eigenvalue weighted by atomic mass is 79.9. The summed E-state index contributed by atoms with van der Waals surface area (Å²) in [6.45, 7) is 3.37. The molecule has 122 valence electrons. The first-order valence-electron chi connectivity index (χ1n) is 7.06. The Morgan fingerprint density at radius 1 is 1.26 bits per heavy atom. The average Bonchev–Trinajstić information content (AvgIpc) is 2.49. The molecule has 1 aliphatic rings. The molecule has 1 aliphatic carbocycles. The van der Waals surface area contributed by atoms with Crippen LogP contribution in [-0.4, -0.2) is 22.2 Å². The zero-order chi connectivity index (χ0) is 17.4. The summed E-state index contributed by atoms with van der Waals surface area (Å²) in [5.41, 5.74) is -0.410. The maximum atomic E-state index is 13.2. The van der Waals surface area contributed by atoms with E-state index in [0.717, 1.165) is 0 Å². The summed E-state index contributed by atoms with van der Waals surface area (Å²) in [5.74, 6) is -3.68. The Kier molecular flexibility index (Phi) is 4.75. The van der Waals surface area contributed by atoms with Gasteiger partial charge in [-0.2, -0.15) is 0 Å². The van der Waals surface area contributed by atoms with Crippen LogP contribution in [0.15, 0.2) is 46.0 Å². The van der Waals surface area contributed by atoms with Crippen LogP contribution in [0.5, 0.6) is 0 Å². The van der Waals surface area contributed by atoms with Crippen molar-refractivity contribution in [2.75, 3.05) is 0 Å². The molecule has 2 N–H and O–H groups in total. The molecular weight excluding hydrogens is 367 g/mol. The monoisotopic (exact) mass is 382 g/mol. The number of hydrogen-bond donors (Lipinski definition) is 2. The van der Waals surface area contributed by atoms with Crippen LogP contribution >= 0.6 is 15.9 Å². The molecular formula is C17H16BrFO4. The molecule has 0 saturated carbocycles. The van der Waals surface area contributed by atoms with Crippen molar-refractivity contribution in [1.82, 2.24) is 0 Å². The van der Waals surface area contributed by atoms with Crippen molar-refractivity contribution in [1.29, 1.82) is 0 Å². The molecule has 4 nitrogen and oxygen atoms in total. The maximum Gasteiger partial charge on any atom is 0.333 e. The van der Waals surface area contributed by atoms with E-state index in [2.05, 4.69) is 15.9 Å². The second-order valence-electron chi connectivity index (χ2n) is 5.54. The lowest BCUT2D eigenvalue weighted by Crippen LogP contribution is -2.40. The van der Waals surface area contributed by atoms with Crippen LogP contribution in [0.3, 0.4) is 0 Å². The molecule has 0 bridgehead atoms. The molecule has 23 heavy (non-hydrogen) atoms. The van der Waals surface area contributed by atoms with Crippen LogP contribution in [-0.2, 0) is 9.59 Å². The van der Waals surface area contributed by atoms with Gasteiger partial charge in [-0.3, -0.25) is 4.79 Å². The number of hydrogen-bond acceptors (Lipinski definition) is 2. The van der Waals surface area contributed by atoms with E-state index in [0.29, 0.717) is 15.6 Å². The first-order valence-corrected chi connectivity index (χ1v) is 7.85. The van der Waals surface area contributed by atoms with Crippen LogP contribution in [0.25, 0.3) is 0 Å². The van der Waals surface area contributed by atoms with E-state index in [9.17, 15) is 24.2 Å². The third kappa shape index (κ3) is 2.83. The van der Waals surface area contributed by atoms with Crippen LogP contribution in [0.1, 0.15) is 31.7 Å². The van der Waals surface area contributed by atoms with Gasteiger partial charge in [-0.15, -0.1) is 0 Å². The molecule has 2 unspecified atom stereocenters. The molecule has 1 aromatic rings. The Labute approximate surface area is 141 Å². The van der Waals surface area contributed by atoms with Gasteiger partial charge in [0.15, 0.2) is 0 Å². The van der Waals surface area contributed by atoms with Crippen LogP contribution < -0.4 is 0 Å². The van der Waals surface area contributed by atoms with Gasteiger partial charge < -0.3 is 10.2 Å². The first kappa shape index (κ1) is 17.4. The minimum absolute atomic E-state index is 0.0270. The van der Waals surface area contributed by atoms with Gasteiger partial charge in [-0.1, -0.05) is 25.1 Å². The van der Waals surface area contributed by atoms with Crippen molar-refractivity contribution in [2.45, 2.75) is 26.2 Å². The summed E-state index contributed by atoms with van der Waals surface area (Å²) in [4.78, 5) is 23.8. The Bertz CT molecular complexity index is 721. The second kappa shape index (κ2) is 6.28. The Morgan fingerprint density at radius 3 is 2.26 bits per heavy atom. The second-order valence-corrected chi connectivity index (χ2v) is 6.34. The molecule has 0 spiro atoms. The zero-order valence-electron chi connectivity index (χ0n) is 12.6. The van der Waals surface area contributed by atoms with Crippen molar-refractivity contribution in [3.63, 3.8) is 0 Å². The van der Waals surface area contributed by atoms with Crippen molar-refractivity contribution in [2.24, 2.45) is 5.41 Å². The van der Waals surface area contributed by atoms with Gasteiger partial charge in [0.05, 0.1) is 11.0 Å². The average molecular weight is 383 g/mol. The Balaban J connectivity index is 2.79. The van der Waals surface area contributed by atoms with Crippen molar-refractivity contribution < 1.29 is 24.2 Å². The predicted octanol–water partition coefficient (Wildman–Crippen LogP) is 4.08. The third-order valence-electron chi connectivity index (χ3n) is 4.28. The number of carboxylic acids is 2. The Morgan fingerprint density at radius 2 is 1.83 bits per heavy atom. The maximum absolute atomic E-state index is 13.2. The number of carbonyl (C=O) groups is 2. The smallest absolute Gasteiger partial charge is 0.333 e. The van der Waals surface area contributed by atoms with E-state index >= 15 is 0 Å². The topological polar surface area (TPSA) is 74.6 Å². The molecule has 2 atom stereocenters. The van der Waals surface area contributed by atoms with E-state index < -0.39 is 29.1 Å². The molecule has 0 aromatic heterocycles. The number of carboxylic acid groups (broad SMARTS) is 2. The SMILES string of the molecule is CCC1(C(=O)O)C=C(C)C(Br)=C(C(=O)O)C1c1ccc(F)cc1. The van der Waals surface area contributed by atoms with Crippen LogP contribution in [0, 0.1) is 11.2 Å². The number of benzene rings is 1. The molecule has 0 aliphatic heterocycles. The molecule has 0 heterocycles. The number of allylic oxidation sites excluding steroid dienone is 2. The standard InChI is InChI=1S/C17H16BrFO4/c1-3-17(16(22)23)8-9(2)14(18)12(15(20)21)13(17)10-4-6-11(19)7-5-10/h4-8,13H,3H2,1-2H3,(H,20,21)(H,22,23). The summed E-state index contributed by atoms with van der Waals surface area (Å²) in [6, 6.07) is 5.28. The minimum atomic E-state index is -1.40. The fourth-order valence-corrected chi connectivity index (χ4v) is 3.62. The fourth-order valence-electron chi connectivity index (χ4n) is 3.11. The summed E-state index contributed by atoms with van der Waals surface area (Å²) < 4.78 is 13.6. The van der Waals surface area contributed by atoms with Gasteiger partial charge in [0.2, 0.25) is 0 Å². The highest BCUT2D eigenvalue weighted by Gasteiger charge is 2.50. The van der Waals surface area contributed by atoms with Crippen molar-refractivity contribution in [3.8, 4) is 0 Å². The van der Waals surface area contributed by atoms with Crippen LogP contribution in [0.2, 0.25) is 0 Å². The fraction of sp³-hybridized carbons (Fsp3) is 0.294. The van der Waals surface area contributed by atoms with Crippen LogP contribution in [0.4, 0.5) is 4.39 Å². The molecule has 1 aromatic carbocycles. The minimum Gasteiger partial charge on any atom is -0.481 e. The summed E-state index contributed by atoms with van der Waals surface area (Å²) in [5, 5.41) is 19.5. The number of halogens is 2. The third-order valence-corrected chi connectivity index (χ3v) is 5.33. The van der Waals surface area contributed by atoms with Crippen molar-refractivity contribution >= 4 is 27.9 Å². The lowest BCUT2D eigenvalue weighted by molar-refractivity contribution is -0.147. The molecule has 0 radical (unpaired) electrons. The van der Waals surface area contributed by atoms with E-state index in [4.69, 9.17) is 0 Å². The summed E-state index contributed by atoms with van der Waals surface area (Å²) in [6.07, 6.45) is 1.79. The van der Waals surface area contributed by atoms with E-state index in [1.807, 2.05) is 0 Å². The van der Waals surface area contributed by atoms with Gasteiger partial charge in [0.25, 0.3) is 0 Å². The zero-order valence-corrected chi connectivity index (χ0v) is 14.2. The summed E-state index contributed by atoms with van der Waals surface area (Å²) >= 11 is 3.27. The normalized spacial score (nSPS) is 24.3. The largest absolute Gasteiger partial charge is 0.481 e. The molecule has 0 fully saturated rings. The van der Waals surface area contributed by atoms with E-state index in [-0.39, 0.29) is 12.0 Å². The highest BCUT2D eigenvalue weighted by Crippen LogP contribution is 2.52. The van der Waals surface area contributed by atoms with Gasteiger partial charge >= 0.3 is 11.9 Å². The van der Waals surface area contributed by atoms with E-state index in [1.54, 1.807) is 19.9 Å². The first-order chi connectivity index (χ1) is 10.7. The van der Waals surface area contributed by atoms with Crippen molar-refractivity contribution in [3.05, 3.63) is 57.4 Å². The quantitative estimate of drug-likeness (QED) is 0.822.